The second-order valence-electron chi connectivity index (χ2n) is 5.25. The Balaban J connectivity index is 2.32. The quantitative estimate of drug-likeness (QED) is 0.870. The first-order chi connectivity index (χ1) is 9.55. The van der Waals surface area contributed by atoms with Crippen molar-refractivity contribution in [2.45, 2.75) is 45.6 Å². The number of H-pyrrole nitrogens is 1. The number of aromatic nitrogens is 2. The molecule has 1 fully saturated rings. The van der Waals surface area contributed by atoms with E-state index in [0.717, 1.165) is 12.8 Å². The summed E-state index contributed by atoms with van der Waals surface area (Å²) in [6.45, 7) is 4.62. The van der Waals surface area contributed by atoms with Gasteiger partial charge in [0.05, 0.1) is 0 Å². The highest BCUT2D eigenvalue weighted by Crippen LogP contribution is 2.28. The lowest BCUT2D eigenvalue weighted by atomic mass is 9.89. The maximum atomic E-state index is 11.6. The molecule has 0 bridgehead atoms. The summed E-state index contributed by atoms with van der Waals surface area (Å²) in [4.78, 5) is 31.9. The van der Waals surface area contributed by atoms with Crippen molar-refractivity contribution in [3.63, 3.8) is 0 Å². The van der Waals surface area contributed by atoms with Crippen LogP contribution in [-0.2, 0) is 11.2 Å². The number of anilines is 1. The van der Waals surface area contributed by atoms with Gasteiger partial charge in [-0.3, -0.25) is 4.79 Å². The van der Waals surface area contributed by atoms with E-state index in [0.29, 0.717) is 36.9 Å². The van der Waals surface area contributed by atoms with E-state index < -0.39 is 12.0 Å². The highest BCUT2D eigenvalue weighted by atomic mass is 16.4. The second-order valence-corrected chi connectivity index (χ2v) is 5.25. The van der Waals surface area contributed by atoms with E-state index in [1.54, 1.807) is 4.90 Å². The Hall–Kier alpha value is -1.85. The van der Waals surface area contributed by atoms with Crippen molar-refractivity contribution in [2.75, 3.05) is 11.4 Å². The van der Waals surface area contributed by atoms with Crippen molar-refractivity contribution in [2.24, 2.45) is 5.92 Å². The Morgan fingerprint density at radius 2 is 2.30 bits per heavy atom. The third kappa shape index (κ3) is 3.00. The molecule has 0 aliphatic carbocycles. The number of hydrogen-bond acceptors (Lipinski definition) is 4. The van der Waals surface area contributed by atoms with E-state index in [1.165, 1.54) is 6.07 Å². The molecule has 1 aromatic heterocycles. The van der Waals surface area contributed by atoms with Gasteiger partial charge in [0.2, 0.25) is 0 Å². The number of aliphatic carboxylic acids is 1. The van der Waals surface area contributed by atoms with Crippen LogP contribution in [0.5, 0.6) is 0 Å². The number of hydrogen-bond donors (Lipinski definition) is 2. The summed E-state index contributed by atoms with van der Waals surface area (Å²) >= 11 is 0. The van der Waals surface area contributed by atoms with E-state index in [-0.39, 0.29) is 5.56 Å². The molecule has 2 unspecified atom stereocenters. The lowest BCUT2D eigenvalue weighted by Crippen LogP contribution is -2.48. The number of nitrogens with zero attached hydrogens (tertiary/aromatic N) is 2. The van der Waals surface area contributed by atoms with Gasteiger partial charge in [0.1, 0.15) is 17.7 Å². The molecule has 0 saturated carbocycles. The zero-order valence-corrected chi connectivity index (χ0v) is 11.9. The summed E-state index contributed by atoms with van der Waals surface area (Å²) in [6, 6.07) is 0.800. The van der Waals surface area contributed by atoms with Crippen LogP contribution >= 0.6 is 0 Å². The van der Waals surface area contributed by atoms with Gasteiger partial charge in [0, 0.05) is 19.0 Å². The van der Waals surface area contributed by atoms with E-state index in [1.807, 2.05) is 6.92 Å². The molecule has 2 rings (SSSR count). The average Bonchev–Trinajstić information content (AvgIpc) is 2.45. The molecule has 6 heteroatoms. The molecular weight excluding hydrogens is 258 g/mol. The van der Waals surface area contributed by atoms with E-state index in [9.17, 15) is 14.7 Å². The van der Waals surface area contributed by atoms with Crippen LogP contribution in [0.15, 0.2) is 10.9 Å². The van der Waals surface area contributed by atoms with Crippen molar-refractivity contribution < 1.29 is 9.90 Å². The van der Waals surface area contributed by atoms with Crippen molar-refractivity contribution >= 4 is 11.8 Å². The monoisotopic (exact) mass is 279 g/mol. The largest absolute Gasteiger partial charge is 0.480 e. The van der Waals surface area contributed by atoms with Crippen LogP contribution in [0.3, 0.4) is 0 Å². The number of aryl methyl sites for hydroxylation is 1. The maximum absolute atomic E-state index is 11.6. The minimum Gasteiger partial charge on any atom is -0.480 e. The lowest BCUT2D eigenvalue weighted by molar-refractivity contribution is -0.139. The fraction of sp³-hybridized carbons (Fsp3) is 0.643. The molecule has 20 heavy (non-hydrogen) atoms. The molecule has 2 N–H and O–H groups in total. The number of carboxylic acids is 1. The third-order valence-electron chi connectivity index (χ3n) is 3.98. The number of nitrogens with one attached hydrogen (secondary N) is 1. The smallest absolute Gasteiger partial charge is 0.326 e. The van der Waals surface area contributed by atoms with Crippen LogP contribution in [-0.4, -0.2) is 33.6 Å². The Morgan fingerprint density at radius 3 is 2.90 bits per heavy atom. The van der Waals surface area contributed by atoms with Crippen LogP contribution in [0.4, 0.5) is 5.82 Å². The molecular formula is C14H21N3O3. The number of carbonyl (C=O) groups is 1. The number of rotatable bonds is 4. The molecule has 6 nitrogen and oxygen atoms in total. The zero-order chi connectivity index (χ0) is 14.7. The molecule has 2 heterocycles. The minimum absolute atomic E-state index is 0.228. The molecule has 110 valence electrons. The number of aromatic amines is 1. The summed E-state index contributed by atoms with van der Waals surface area (Å²) in [6.07, 6.45) is 3.16. The third-order valence-corrected chi connectivity index (χ3v) is 3.98. The van der Waals surface area contributed by atoms with E-state index >= 15 is 0 Å². The standard InChI is InChI=1S/C14H21N3O3/c1-3-9-5-6-17(10(7-9)14(19)20)12-8-13(18)16-11(4-2)15-12/h8-10H,3-7H2,1-2H3,(H,19,20)(H,15,16,18). The number of carboxylic acid groups (broad SMARTS) is 1. The molecule has 0 radical (unpaired) electrons. The molecule has 1 aliphatic rings. The van der Waals surface area contributed by atoms with Gasteiger partial charge in [-0.05, 0) is 18.8 Å². The Bertz CT molecular complexity index is 541. The lowest BCUT2D eigenvalue weighted by Gasteiger charge is -2.37. The van der Waals surface area contributed by atoms with E-state index in [2.05, 4.69) is 16.9 Å². The molecule has 0 spiro atoms. The van der Waals surface area contributed by atoms with Crippen molar-refractivity contribution in [1.82, 2.24) is 9.97 Å². The Morgan fingerprint density at radius 1 is 1.55 bits per heavy atom. The average molecular weight is 279 g/mol. The van der Waals surface area contributed by atoms with Gasteiger partial charge < -0.3 is 15.0 Å². The Labute approximate surface area is 117 Å². The van der Waals surface area contributed by atoms with Crippen LogP contribution in [0.25, 0.3) is 0 Å². The van der Waals surface area contributed by atoms with E-state index in [4.69, 9.17) is 0 Å². The first-order valence-corrected chi connectivity index (χ1v) is 7.14. The van der Waals surface area contributed by atoms with Gasteiger partial charge in [-0.25, -0.2) is 9.78 Å². The first-order valence-electron chi connectivity index (χ1n) is 7.14. The molecule has 2 atom stereocenters. The number of piperidine rings is 1. The van der Waals surface area contributed by atoms with Crippen LogP contribution in [0, 0.1) is 5.92 Å². The topological polar surface area (TPSA) is 86.3 Å². The highest BCUT2D eigenvalue weighted by Gasteiger charge is 2.33. The molecule has 1 aromatic rings. The van der Waals surface area contributed by atoms with Crippen LogP contribution < -0.4 is 10.5 Å². The summed E-state index contributed by atoms with van der Waals surface area (Å²) in [5, 5.41) is 9.42. The van der Waals surface area contributed by atoms with Gasteiger partial charge in [-0.2, -0.15) is 0 Å². The predicted molar refractivity (Wildman–Crippen MR) is 76.0 cm³/mol. The highest BCUT2D eigenvalue weighted by molar-refractivity contribution is 5.78. The summed E-state index contributed by atoms with van der Waals surface area (Å²) in [5.74, 6) is 0.657. The fourth-order valence-electron chi connectivity index (χ4n) is 2.73. The summed E-state index contributed by atoms with van der Waals surface area (Å²) in [7, 11) is 0. The zero-order valence-electron chi connectivity index (χ0n) is 11.9. The molecule has 0 amide bonds. The normalized spacial score (nSPS) is 22.8. The van der Waals surface area contributed by atoms with Gasteiger partial charge in [0.15, 0.2) is 0 Å². The SMILES string of the molecule is CCc1nc(N2CCC(CC)CC2C(=O)O)cc(=O)[nH]1. The first kappa shape index (κ1) is 14.6. The Kier molecular flexibility index (Phi) is 4.42. The maximum Gasteiger partial charge on any atom is 0.326 e. The second kappa shape index (κ2) is 6.07. The van der Waals surface area contributed by atoms with Crippen molar-refractivity contribution in [1.29, 1.82) is 0 Å². The van der Waals surface area contributed by atoms with Crippen LogP contribution in [0.2, 0.25) is 0 Å². The van der Waals surface area contributed by atoms with Gasteiger partial charge in [-0.15, -0.1) is 0 Å². The summed E-state index contributed by atoms with van der Waals surface area (Å²) < 4.78 is 0. The van der Waals surface area contributed by atoms with Gasteiger partial charge in [0.25, 0.3) is 5.56 Å². The molecule has 0 aromatic carbocycles. The minimum atomic E-state index is -0.844. The van der Waals surface area contributed by atoms with Crippen molar-refractivity contribution in [3.8, 4) is 0 Å². The molecule has 1 aliphatic heterocycles. The molecule has 1 saturated heterocycles. The van der Waals surface area contributed by atoms with Crippen molar-refractivity contribution in [3.05, 3.63) is 22.2 Å². The van der Waals surface area contributed by atoms with Gasteiger partial charge in [-0.1, -0.05) is 20.3 Å². The van der Waals surface area contributed by atoms with Crippen LogP contribution in [0.1, 0.15) is 38.9 Å². The summed E-state index contributed by atoms with van der Waals surface area (Å²) in [5.41, 5.74) is -0.228. The predicted octanol–water partition coefficient (Wildman–Crippen LogP) is 1.41. The van der Waals surface area contributed by atoms with Gasteiger partial charge >= 0.3 is 5.97 Å². The fourth-order valence-corrected chi connectivity index (χ4v) is 2.73.